The number of carbonyl (C=O) groups is 1. The molecule has 1 aliphatic heterocycles. The Kier molecular flexibility index (Phi) is 5.31. The van der Waals surface area contributed by atoms with Crippen molar-refractivity contribution in [3.8, 4) is 0 Å². The third kappa shape index (κ3) is 4.02. The Morgan fingerprint density at radius 2 is 1.96 bits per heavy atom. The molecule has 1 fully saturated rings. The zero-order valence-corrected chi connectivity index (χ0v) is 15.3. The van der Waals surface area contributed by atoms with Gasteiger partial charge in [0.1, 0.15) is 11.5 Å². The van der Waals surface area contributed by atoms with Crippen molar-refractivity contribution in [3.63, 3.8) is 0 Å². The number of aryl methyl sites for hydroxylation is 3. The summed E-state index contributed by atoms with van der Waals surface area (Å²) in [6.07, 6.45) is 0. The second-order valence-corrected chi connectivity index (χ2v) is 7.54. The molecule has 0 radical (unpaired) electrons. The number of carbonyl (C=O) groups excluding carboxylic acids is 1. The van der Waals surface area contributed by atoms with E-state index in [2.05, 4.69) is 28.4 Å². The molecule has 1 aromatic carbocycles. The normalized spacial score (nSPS) is 15.5. The van der Waals surface area contributed by atoms with E-state index in [0.29, 0.717) is 11.3 Å². The summed E-state index contributed by atoms with van der Waals surface area (Å²) in [6.45, 7) is 8.89. The van der Waals surface area contributed by atoms with Gasteiger partial charge in [0.05, 0.1) is 5.56 Å². The number of amides is 1. The molecule has 0 atom stereocenters. The van der Waals surface area contributed by atoms with Crippen LogP contribution in [0.3, 0.4) is 0 Å². The van der Waals surface area contributed by atoms with Crippen LogP contribution in [0.25, 0.3) is 0 Å². The first-order valence-corrected chi connectivity index (χ1v) is 9.46. The van der Waals surface area contributed by atoms with E-state index in [1.165, 1.54) is 17.1 Å². The van der Waals surface area contributed by atoms with Crippen molar-refractivity contribution in [2.24, 2.45) is 0 Å². The van der Waals surface area contributed by atoms with Gasteiger partial charge in [-0.2, -0.15) is 11.8 Å². The molecule has 1 aromatic heterocycles. The topological polar surface area (TPSA) is 45.5 Å². The molecule has 1 amide bonds. The second-order valence-electron chi connectivity index (χ2n) is 6.32. The van der Waals surface area contributed by atoms with Crippen molar-refractivity contribution in [1.29, 1.82) is 0 Å². The van der Waals surface area contributed by atoms with Crippen molar-refractivity contribution in [1.82, 2.24) is 4.90 Å². The van der Waals surface area contributed by atoms with Gasteiger partial charge in [-0.3, -0.25) is 9.69 Å². The molecular weight excluding hydrogens is 320 g/mol. The quantitative estimate of drug-likeness (QED) is 0.910. The van der Waals surface area contributed by atoms with Gasteiger partial charge in [-0.15, -0.1) is 0 Å². The van der Waals surface area contributed by atoms with Gasteiger partial charge in [-0.25, -0.2) is 0 Å². The Morgan fingerprint density at radius 3 is 2.62 bits per heavy atom. The third-order valence-electron chi connectivity index (χ3n) is 4.35. The highest BCUT2D eigenvalue weighted by Crippen LogP contribution is 2.22. The highest BCUT2D eigenvalue weighted by Gasteiger charge is 2.16. The van der Waals surface area contributed by atoms with Crippen molar-refractivity contribution >= 4 is 23.4 Å². The summed E-state index contributed by atoms with van der Waals surface area (Å²) in [5.41, 5.74) is 3.79. The number of nitrogens with one attached hydrogen (secondary N) is 1. The summed E-state index contributed by atoms with van der Waals surface area (Å²) in [5, 5.41) is 3.04. The Hall–Kier alpha value is -1.72. The summed E-state index contributed by atoms with van der Waals surface area (Å²) < 4.78 is 5.46. The van der Waals surface area contributed by atoms with Crippen LogP contribution < -0.4 is 5.32 Å². The van der Waals surface area contributed by atoms with Gasteiger partial charge in [0, 0.05) is 36.8 Å². The van der Waals surface area contributed by atoms with Crippen molar-refractivity contribution in [2.45, 2.75) is 27.3 Å². The van der Waals surface area contributed by atoms with Gasteiger partial charge in [0.25, 0.3) is 5.91 Å². The zero-order valence-electron chi connectivity index (χ0n) is 14.5. The Balaban J connectivity index is 1.73. The van der Waals surface area contributed by atoms with Gasteiger partial charge >= 0.3 is 0 Å². The number of hydrogen-bond donors (Lipinski definition) is 1. The molecule has 1 saturated heterocycles. The average Bonchev–Trinajstić information content (AvgIpc) is 2.90. The lowest BCUT2D eigenvalue weighted by Crippen LogP contribution is -2.32. The van der Waals surface area contributed by atoms with Crippen LogP contribution in [0, 0.1) is 20.8 Å². The first-order valence-electron chi connectivity index (χ1n) is 8.31. The first-order chi connectivity index (χ1) is 11.5. The van der Waals surface area contributed by atoms with Crippen LogP contribution in [-0.4, -0.2) is 35.4 Å². The van der Waals surface area contributed by atoms with Crippen LogP contribution in [0.15, 0.2) is 28.7 Å². The highest BCUT2D eigenvalue weighted by molar-refractivity contribution is 7.99. The zero-order chi connectivity index (χ0) is 17.1. The van der Waals surface area contributed by atoms with Gasteiger partial charge in [-0.05, 0) is 44.0 Å². The number of benzene rings is 1. The van der Waals surface area contributed by atoms with Crippen LogP contribution in [0.2, 0.25) is 0 Å². The SMILES string of the molecule is Cc1cc(C(=O)Nc2cc(CN3CCSCC3)ccc2C)c(C)o1. The lowest BCUT2D eigenvalue weighted by atomic mass is 10.1. The predicted molar refractivity (Wildman–Crippen MR) is 99.9 cm³/mol. The standard InChI is InChI=1S/C19H24N2O2S/c1-13-4-5-16(12-21-6-8-24-9-7-21)11-18(13)20-19(22)17-10-14(2)23-15(17)3/h4-5,10-11H,6-9,12H2,1-3H3,(H,20,22). The van der Waals surface area contributed by atoms with E-state index in [1.807, 2.05) is 32.5 Å². The van der Waals surface area contributed by atoms with Crippen molar-refractivity contribution in [3.05, 3.63) is 52.5 Å². The van der Waals surface area contributed by atoms with Gasteiger partial charge in [0.2, 0.25) is 0 Å². The van der Waals surface area contributed by atoms with Gasteiger partial charge in [-0.1, -0.05) is 12.1 Å². The molecule has 3 rings (SSSR count). The number of rotatable bonds is 4. The number of nitrogens with zero attached hydrogens (tertiary/aromatic N) is 1. The van der Waals surface area contributed by atoms with Crippen LogP contribution >= 0.6 is 11.8 Å². The molecule has 0 saturated carbocycles. The average molecular weight is 344 g/mol. The molecule has 4 nitrogen and oxygen atoms in total. The Morgan fingerprint density at radius 1 is 1.21 bits per heavy atom. The van der Waals surface area contributed by atoms with E-state index >= 15 is 0 Å². The smallest absolute Gasteiger partial charge is 0.259 e. The molecule has 128 valence electrons. The summed E-state index contributed by atoms with van der Waals surface area (Å²) in [6, 6.07) is 8.11. The number of anilines is 1. The highest BCUT2D eigenvalue weighted by atomic mass is 32.2. The fourth-order valence-electron chi connectivity index (χ4n) is 2.97. The molecule has 1 aliphatic rings. The number of hydrogen-bond acceptors (Lipinski definition) is 4. The molecule has 0 aliphatic carbocycles. The predicted octanol–water partition coefficient (Wildman–Crippen LogP) is 4.01. The molecule has 1 N–H and O–H groups in total. The monoisotopic (exact) mass is 344 g/mol. The molecule has 2 heterocycles. The van der Waals surface area contributed by atoms with E-state index in [4.69, 9.17) is 4.42 Å². The summed E-state index contributed by atoms with van der Waals surface area (Å²) in [7, 11) is 0. The number of furan rings is 1. The van der Waals surface area contributed by atoms with Gasteiger partial charge in [0.15, 0.2) is 0 Å². The van der Waals surface area contributed by atoms with E-state index in [1.54, 1.807) is 6.07 Å². The minimum absolute atomic E-state index is 0.112. The fourth-order valence-corrected chi connectivity index (χ4v) is 3.94. The lowest BCUT2D eigenvalue weighted by Gasteiger charge is -2.26. The fraction of sp³-hybridized carbons (Fsp3) is 0.421. The lowest BCUT2D eigenvalue weighted by molar-refractivity contribution is 0.102. The molecule has 0 bridgehead atoms. The van der Waals surface area contributed by atoms with Crippen LogP contribution in [0.5, 0.6) is 0 Å². The maximum atomic E-state index is 12.5. The van der Waals surface area contributed by atoms with E-state index in [-0.39, 0.29) is 5.91 Å². The van der Waals surface area contributed by atoms with E-state index in [9.17, 15) is 4.79 Å². The summed E-state index contributed by atoms with van der Waals surface area (Å²) in [4.78, 5) is 15.0. The van der Waals surface area contributed by atoms with Crippen LogP contribution in [0.4, 0.5) is 5.69 Å². The van der Waals surface area contributed by atoms with Crippen LogP contribution in [0.1, 0.15) is 33.0 Å². The van der Waals surface area contributed by atoms with E-state index < -0.39 is 0 Å². The minimum Gasteiger partial charge on any atom is -0.466 e. The maximum Gasteiger partial charge on any atom is 0.259 e. The van der Waals surface area contributed by atoms with Crippen molar-refractivity contribution in [2.75, 3.05) is 29.9 Å². The molecule has 0 unspecified atom stereocenters. The maximum absolute atomic E-state index is 12.5. The molecule has 24 heavy (non-hydrogen) atoms. The summed E-state index contributed by atoms with van der Waals surface area (Å²) >= 11 is 2.02. The molecule has 0 spiro atoms. The molecular formula is C19H24N2O2S. The third-order valence-corrected chi connectivity index (χ3v) is 5.29. The van der Waals surface area contributed by atoms with Crippen LogP contribution in [-0.2, 0) is 6.54 Å². The largest absolute Gasteiger partial charge is 0.466 e. The first kappa shape index (κ1) is 17.1. The number of thioether (sulfide) groups is 1. The Labute approximate surface area is 147 Å². The second kappa shape index (κ2) is 7.45. The minimum atomic E-state index is -0.112. The van der Waals surface area contributed by atoms with E-state index in [0.717, 1.165) is 36.6 Å². The molecule has 2 aromatic rings. The Bertz CT molecular complexity index is 733. The van der Waals surface area contributed by atoms with Crippen molar-refractivity contribution < 1.29 is 9.21 Å². The summed E-state index contributed by atoms with van der Waals surface area (Å²) in [5.74, 6) is 3.71. The molecule has 5 heteroatoms. The van der Waals surface area contributed by atoms with Gasteiger partial charge < -0.3 is 9.73 Å².